The number of benzene rings is 1. The maximum atomic E-state index is 11.8. The SMILES string of the molecule is COc1c(Cl)c2c(c(Cl)c1OC)C(Cl)(Cl)C(=O)S2. The number of thioether (sulfide) groups is 1. The molecule has 1 heterocycles. The maximum absolute atomic E-state index is 11.8. The van der Waals surface area contributed by atoms with E-state index in [9.17, 15) is 4.79 Å². The molecule has 0 aromatic heterocycles. The molecule has 1 aliphatic heterocycles. The Morgan fingerprint density at radius 3 is 2.06 bits per heavy atom. The van der Waals surface area contributed by atoms with Crippen LogP contribution in [0.5, 0.6) is 11.5 Å². The first-order chi connectivity index (χ1) is 8.36. The molecule has 1 aromatic carbocycles. The second kappa shape index (κ2) is 4.84. The number of carbonyl (C=O) groups is 1. The Kier molecular flexibility index (Phi) is 3.87. The Morgan fingerprint density at radius 2 is 1.56 bits per heavy atom. The number of rotatable bonds is 2. The van der Waals surface area contributed by atoms with Crippen molar-refractivity contribution in [2.24, 2.45) is 0 Å². The number of fused-ring (bicyclic) bond motifs is 1. The quantitative estimate of drug-likeness (QED) is 0.748. The van der Waals surface area contributed by atoms with Crippen molar-refractivity contribution < 1.29 is 14.3 Å². The predicted octanol–water partition coefficient (Wildman–Crippen LogP) is 4.27. The van der Waals surface area contributed by atoms with E-state index in [-0.39, 0.29) is 27.1 Å². The summed E-state index contributed by atoms with van der Waals surface area (Å²) in [5.41, 5.74) is 0.241. The van der Waals surface area contributed by atoms with Crippen LogP contribution in [0.15, 0.2) is 4.90 Å². The molecule has 0 saturated carbocycles. The highest BCUT2D eigenvalue weighted by molar-refractivity contribution is 8.14. The van der Waals surface area contributed by atoms with Crippen molar-refractivity contribution >= 4 is 63.3 Å². The summed E-state index contributed by atoms with van der Waals surface area (Å²) in [6, 6.07) is 0. The first-order valence-electron chi connectivity index (χ1n) is 4.59. The van der Waals surface area contributed by atoms with Gasteiger partial charge >= 0.3 is 0 Å². The molecule has 8 heteroatoms. The molecule has 18 heavy (non-hydrogen) atoms. The van der Waals surface area contributed by atoms with Crippen LogP contribution in [0.1, 0.15) is 5.56 Å². The van der Waals surface area contributed by atoms with Crippen molar-refractivity contribution in [3.05, 3.63) is 15.6 Å². The van der Waals surface area contributed by atoms with E-state index in [1.807, 2.05) is 0 Å². The summed E-state index contributed by atoms with van der Waals surface area (Å²) < 4.78 is 8.51. The number of halogens is 4. The van der Waals surface area contributed by atoms with Gasteiger partial charge in [0, 0.05) is 10.5 Å². The van der Waals surface area contributed by atoms with E-state index in [0.29, 0.717) is 4.90 Å². The maximum Gasteiger partial charge on any atom is 0.234 e. The van der Waals surface area contributed by atoms with Crippen molar-refractivity contribution in [2.75, 3.05) is 14.2 Å². The zero-order valence-corrected chi connectivity index (χ0v) is 13.0. The van der Waals surface area contributed by atoms with Gasteiger partial charge in [0.05, 0.1) is 19.2 Å². The van der Waals surface area contributed by atoms with E-state index in [0.717, 1.165) is 11.8 Å². The molecule has 1 aromatic rings. The number of ether oxygens (including phenoxy) is 2. The third-order valence-corrected chi connectivity index (χ3v) is 5.31. The molecule has 2 rings (SSSR count). The average Bonchev–Trinajstić information content (AvgIpc) is 2.55. The third kappa shape index (κ3) is 1.86. The Labute approximate surface area is 128 Å². The highest BCUT2D eigenvalue weighted by Crippen LogP contribution is 2.60. The minimum absolute atomic E-state index is 0.122. The molecule has 0 atom stereocenters. The van der Waals surface area contributed by atoms with Crippen LogP contribution >= 0.6 is 58.2 Å². The van der Waals surface area contributed by atoms with Gasteiger partial charge < -0.3 is 9.47 Å². The molecule has 0 unspecified atom stereocenters. The number of hydrogen-bond donors (Lipinski definition) is 0. The standard InChI is InChI=1S/C10H6Cl4O3S/c1-16-6-4(11)3-8(5(12)7(6)17-2)18-9(15)10(3,13)14/h1-2H3. The number of methoxy groups -OCH3 is 2. The Hall–Kier alpha value is -0.000000000000000167. The van der Waals surface area contributed by atoms with Gasteiger partial charge in [-0.15, -0.1) is 0 Å². The molecule has 98 valence electrons. The van der Waals surface area contributed by atoms with E-state index >= 15 is 0 Å². The van der Waals surface area contributed by atoms with Crippen LogP contribution in [-0.4, -0.2) is 19.3 Å². The van der Waals surface area contributed by atoms with Gasteiger partial charge in [-0.3, -0.25) is 4.79 Å². The molecule has 3 nitrogen and oxygen atoms in total. The average molecular weight is 348 g/mol. The summed E-state index contributed by atoms with van der Waals surface area (Å²) in [6.07, 6.45) is 0. The summed E-state index contributed by atoms with van der Waals surface area (Å²) in [6.45, 7) is 0. The van der Waals surface area contributed by atoms with Gasteiger partial charge in [0.15, 0.2) is 11.5 Å². The van der Waals surface area contributed by atoms with Gasteiger partial charge in [0.1, 0.15) is 5.02 Å². The van der Waals surface area contributed by atoms with Crippen molar-refractivity contribution in [3.8, 4) is 11.5 Å². The van der Waals surface area contributed by atoms with Gasteiger partial charge in [0.2, 0.25) is 9.45 Å². The molecule has 0 fully saturated rings. The van der Waals surface area contributed by atoms with Crippen LogP contribution in [0, 0.1) is 0 Å². The largest absolute Gasteiger partial charge is 0.491 e. The molecule has 0 spiro atoms. The summed E-state index contributed by atoms with van der Waals surface area (Å²) in [7, 11) is 2.82. The van der Waals surface area contributed by atoms with Gasteiger partial charge in [-0.25, -0.2) is 0 Å². The molecule has 0 radical (unpaired) electrons. The fourth-order valence-corrected chi connectivity index (χ4v) is 4.23. The topological polar surface area (TPSA) is 35.5 Å². The van der Waals surface area contributed by atoms with E-state index in [1.54, 1.807) is 0 Å². The predicted molar refractivity (Wildman–Crippen MR) is 73.8 cm³/mol. The van der Waals surface area contributed by atoms with Crippen LogP contribution in [0.4, 0.5) is 0 Å². The molecule has 0 N–H and O–H groups in total. The molecule has 0 bridgehead atoms. The zero-order valence-electron chi connectivity index (χ0n) is 9.14. The van der Waals surface area contributed by atoms with E-state index < -0.39 is 9.45 Å². The van der Waals surface area contributed by atoms with Crippen molar-refractivity contribution in [1.82, 2.24) is 0 Å². The highest BCUT2D eigenvalue weighted by Gasteiger charge is 2.49. The van der Waals surface area contributed by atoms with E-state index in [4.69, 9.17) is 55.9 Å². The zero-order chi connectivity index (χ0) is 13.7. The lowest BCUT2D eigenvalue weighted by Crippen LogP contribution is -2.15. The lowest BCUT2D eigenvalue weighted by atomic mass is 10.1. The van der Waals surface area contributed by atoms with Crippen LogP contribution in [0.2, 0.25) is 10.0 Å². The number of hydrogen-bond acceptors (Lipinski definition) is 4. The summed E-state index contributed by atoms with van der Waals surface area (Å²) in [4.78, 5) is 12.2. The molecule has 0 aliphatic carbocycles. The Bertz CT molecular complexity index is 545. The summed E-state index contributed by atoms with van der Waals surface area (Å²) >= 11 is 25.2. The first kappa shape index (κ1) is 14.4. The molecular weight excluding hydrogens is 342 g/mol. The van der Waals surface area contributed by atoms with Crippen molar-refractivity contribution in [3.63, 3.8) is 0 Å². The normalized spacial score (nSPS) is 16.7. The van der Waals surface area contributed by atoms with Gasteiger partial charge in [0.25, 0.3) is 0 Å². The smallest absolute Gasteiger partial charge is 0.234 e. The highest BCUT2D eigenvalue weighted by atomic mass is 35.5. The van der Waals surface area contributed by atoms with Gasteiger partial charge in [-0.2, -0.15) is 0 Å². The van der Waals surface area contributed by atoms with Crippen LogP contribution in [0.3, 0.4) is 0 Å². The fraction of sp³-hybridized carbons (Fsp3) is 0.300. The fourth-order valence-electron chi connectivity index (χ4n) is 1.63. The molecule has 0 amide bonds. The second-order valence-electron chi connectivity index (χ2n) is 3.36. The third-order valence-electron chi connectivity index (χ3n) is 2.42. The van der Waals surface area contributed by atoms with Crippen LogP contribution in [0.25, 0.3) is 0 Å². The number of alkyl halides is 2. The monoisotopic (exact) mass is 346 g/mol. The first-order valence-corrected chi connectivity index (χ1v) is 6.92. The van der Waals surface area contributed by atoms with E-state index in [1.165, 1.54) is 14.2 Å². The molecule has 1 aliphatic rings. The summed E-state index contributed by atoms with van der Waals surface area (Å²) in [5, 5.41) is -0.132. The Balaban J connectivity index is 2.85. The Morgan fingerprint density at radius 1 is 1.06 bits per heavy atom. The van der Waals surface area contributed by atoms with Crippen LogP contribution in [-0.2, 0) is 9.13 Å². The minimum atomic E-state index is -1.74. The summed E-state index contributed by atoms with van der Waals surface area (Å²) in [5.74, 6) is 0.443. The lowest BCUT2D eigenvalue weighted by molar-refractivity contribution is -0.111. The second-order valence-corrected chi connectivity index (χ2v) is 6.43. The van der Waals surface area contributed by atoms with E-state index in [2.05, 4.69) is 0 Å². The van der Waals surface area contributed by atoms with Crippen LogP contribution < -0.4 is 9.47 Å². The van der Waals surface area contributed by atoms with Gasteiger partial charge in [-0.05, 0) is 11.8 Å². The minimum Gasteiger partial charge on any atom is -0.491 e. The van der Waals surface area contributed by atoms with Crippen molar-refractivity contribution in [1.29, 1.82) is 0 Å². The van der Waals surface area contributed by atoms with Crippen molar-refractivity contribution in [2.45, 2.75) is 9.23 Å². The lowest BCUT2D eigenvalue weighted by Gasteiger charge is -2.18. The number of carbonyl (C=O) groups excluding carboxylic acids is 1. The molecular formula is C10H6Cl4O3S. The molecule has 0 saturated heterocycles. The van der Waals surface area contributed by atoms with Gasteiger partial charge in [-0.1, -0.05) is 46.4 Å².